The van der Waals surface area contributed by atoms with Gasteiger partial charge in [0.25, 0.3) is 0 Å². The van der Waals surface area contributed by atoms with Crippen LogP contribution in [0.1, 0.15) is 31.7 Å². The quantitative estimate of drug-likeness (QED) is 0.884. The molecule has 1 aromatic heterocycles. The highest BCUT2D eigenvalue weighted by atomic mass is 79.9. The number of nitrogens with one attached hydrogen (secondary N) is 1. The highest BCUT2D eigenvalue weighted by Crippen LogP contribution is 2.26. The molecule has 2 rings (SSSR count). The average Bonchev–Trinajstić information content (AvgIpc) is 2.72. The molecule has 1 aliphatic rings. The first-order valence-electron chi connectivity index (χ1n) is 5.19. The van der Waals surface area contributed by atoms with E-state index in [1.807, 2.05) is 0 Å². The van der Waals surface area contributed by atoms with Crippen LogP contribution in [-0.2, 0) is 6.54 Å². The third kappa shape index (κ3) is 2.59. The van der Waals surface area contributed by atoms with Gasteiger partial charge in [0.2, 0.25) is 0 Å². The molecule has 78 valence electrons. The summed E-state index contributed by atoms with van der Waals surface area (Å²) in [5, 5.41) is 8.00. The second-order valence-electron chi connectivity index (χ2n) is 4.24. The van der Waals surface area contributed by atoms with E-state index in [1.165, 1.54) is 29.3 Å². The second kappa shape index (κ2) is 4.77. The van der Waals surface area contributed by atoms with Gasteiger partial charge in [0, 0.05) is 22.4 Å². The normalized spacial score (nSPS) is 27.0. The Morgan fingerprint density at radius 3 is 2.93 bits per heavy atom. The average molecular weight is 274 g/mol. The predicted octanol–water partition coefficient (Wildman–Crippen LogP) is 3.79. The van der Waals surface area contributed by atoms with E-state index < -0.39 is 0 Å². The summed E-state index contributed by atoms with van der Waals surface area (Å²) < 4.78 is 1.25. The van der Waals surface area contributed by atoms with Crippen LogP contribution in [0, 0.1) is 5.92 Å². The van der Waals surface area contributed by atoms with Crippen molar-refractivity contribution in [1.82, 2.24) is 5.32 Å². The number of halogens is 1. The van der Waals surface area contributed by atoms with Gasteiger partial charge < -0.3 is 5.32 Å². The standard InChI is InChI=1S/C11H16BrNS/c1-8-2-3-10(4-8)13-5-9-6-14-7-11(9)12/h6-8,10,13H,2-5H2,1H3. The van der Waals surface area contributed by atoms with Gasteiger partial charge in [0.15, 0.2) is 0 Å². The van der Waals surface area contributed by atoms with E-state index in [0.29, 0.717) is 0 Å². The Morgan fingerprint density at radius 2 is 2.36 bits per heavy atom. The lowest BCUT2D eigenvalue weighted by molar-refractivity contribution is 0.502. The van der Waals surface area contributed by atoms with E-state index >= 15 is 0 Å². The summed E-state index contributed by atoms with van der Waals surface area (Å²) in [4.78, 5) is 0. The molecule has 2 atom stereocenters. The molecule has 14 heavy (non-hydrogen) atoms. The van der Waals surface area contributed by atoms with Gasteiger partial charge in [-0.1, -0.05) is 6.92 Å². The van der Waals surface area contributed by atoms with Gasteiger partial charge in [-0.2, -0.15) is 11.3 Å². The van der Waals surface area contributed by atoms with Crippen molar-refractivity contribution in [3.8, 4) is 0 Å². The van der Waals surface area contributed by atoms with Crippen LogP contribution >= 0.6 is 27.3 Å². The maximum absolute atomic E-state index is 3.63. The maximum Gasteiger partial charge on any atom is 0.0327 e. The molecule has 1 aliphatic carbocycles. The zero-order valence-electron chi connectivity index (χ0n) is 8.42. The van der Waals surface area contributed by atoms with Crippen LogP contribution in [-0.4, -0.2) is 6.04 Å². The van der Waals surface area contributed by atoms with Crippen molar-refractivity contribution in [2.75, 3.05) is 0 Å². The Morgan fingerprint density at radius 1 is 1.50 bits per heavy atom. The monoisotopic (exact) mass is 273 g/mol. The van der Waals surface area contributed by atoms with Crippen molar-refractivity contribution in [3.63, 3.8) is 0 Å². The van der Waals surface area contributed by atoms with Gasteiger partial charge in [-0.3, -0.25) is 0 Å². The van der Waals surface area contributed by atoms with E-state index in [1.54, 1.807) is 11.3 Å². The summed E-state index contributed by atoms with van der Waals surface area (Å²) in [6.45, 7) is 3.36. The lowest BCUT2D eigenvalue weighted by atomic mass is 10.1. The minimum Gasteiger partial charge on any atom is -0.310 e. The van der Waals surface area contributed by atoms with Crippen LogP contribution in [0.2, 0.25) is 0 Å². The molecule has 0 spiro atoms. The molecule has 1 fully saturated rings. The first kappa shape index (κ1) is 10.7. The Balaban J connectivity index is 1.80. The van der Waals surface area contributed by atoms with Crippen molar-refractivity contribution in [1.29, 1.82) is 0 Å². The van der Waals surface area contributed by atoms with E-state index in [4.69, 9.17) is 0 Å². The summed E-state index contributed by atoms with van der Waals surface area (Å²) in [6.07, 6.45) is 4.09. The summed E-state index contributed by atoms with van der Waals surface area (Å²) in [5.41, 5.74) is 1.40. The predicted molar refractivity (Wildman–Crippen MR) is 65.7 cm³/mol. The molecule has 0 bridgehead atoms. The molecule has 1 N–H and O–H groups in total. The molecule has 0 saturated heterocycles. The molecule has 1 saturated carbocycles. The van der Waals surface area contributed by atoms with E-state index in [9.17, 15) is 0 Å². The number of hydrogen-bond donors (Lipinski definition) is 1. The fourth-order valence-corrected chi connectivity index (χ4v) is 3.52. The molecule has 0 aromatic carbocycles. The molecule has 1 nitrogen and oxygen atoms in total. The number of hydrogen-bond acceptors (Lipinski definition) is 2. The van der Waals surface area contributed by atoms with Crippen LogP contribution in [0.15, 0.2) is 15.2 Å². The SMILES string of the molecule is CC1CCC(NCc2cscc2Br)C1. The zero-order chi connectivity index (χ0) is 9.97. The second-order valence-corrected chi connectivity index (χ2v) is 5.84. The first-order chi connectivity index (χ1) is 6.75. The molecular formula is C11H16BrNS. The molecule has 2 unspecified atom stereocenters. The fourth-order valence-electron chi connectivity index (χ4n) is 2.08. The van der Waals surface area contributed by atoms with E-state index in [2.05, 4.69) is 38.9 Å². The van der Waals surface area contributed by atoms with E-state index in [0.717, 1.165) is 18.5 Å². The van der Waals surface area contributed by atoms with Crippen LogP contribution in [0.5, 0.6) is 0 Å². The fraction of sp³-hybridized carbons (Fsp3) is 0.636. The van der Waals surface area contributed by atoms with Gasteiger partial charge in [0.05, 0.1) is 0 Å². The molecule has 1 heterocycles. The Labute approximate surface area is 98.0 Å². The summed E-state index contributed by atoms with van der Waals surface area (Å²) in [7, 11) is 0. The van der Waals surface area contributed by atoms with Gasteiger partial charge in [-0.15, -0.1) is 0 Å². The Kier molecular flexibility index (Phi) is 3.63. The van der Waals surface area contributed by atoms with E-state index in [-0.39, 0.29) is 0 Å². The zero-order valence-corrected chi connectivity index (χ0v) is 10.8. The van der Waals surface area contributed by atoms with Crippen LogP contribution in [0.25, 0.3) is 0 Å². The van der Waals surface area contributed by atoms with Crippen molar-refractivity contribution >= 4 is 27.3 Å². The highest BCUT2D eigenvalue weighted by molar-refractivity contribution is 9.10. The minimum absolute atomic E-state index is 0.747. The van der Waals surface area contributed by atoms with Crippen LogP contribution in [0.3, 0.4) is 0 Å². The molecule has 0 amide bonds. The highest BCUT2D eigenvalue weighted by Gasteiger charge is 2.20. The minimum atomic E-state index is 0.747. The summed E-state index contributed by atoms with van der Waals surface area (Å²) >= 11 is 5.32. The number of thiophene rings is 1. The maximum atomic E-state index is 3.63. The van der Waals surface area contributed by atoms with Crippen molar-refractivity contribution in [2.24, 2.45) is 5.92 Å². The topological polar surface area (TPSA) is 12.0 Å². The molecule has 0 aliphatic heterocycles. The third-order valence-electron chi connectivity index (χ3n) is 2.96. The van der Waals surface area contributed by atoms with Crippen molar-refractivity contribution in [2.45, 2.75) is 38.8 Å². The third-order valence-corrected chi connectivity index (χ3v) is 4.80. The summed E-state index contributed by atoms with van der Waals surface area (Å²) in [5.74, 6) is 0.915. The lowest BCUT2D eigenvalue weighted by Crippen LogP contribution is -2.25. The van der Waals surface area contributed by atoms with Crippen LogP contribution in [0.4, 0.5) is 0 Å². The van der Waals surface area contributed by atoms with Gasteiger partial charge in [-0.05, 0) is 52.1 Å². The largest absolute Gasteiger partial charge is 0.310 e. The van der Waals surface area contributed by atoms with Crippen molar-refractivity contribution < 1.29 is 0 Å². The van der Waals surface area contributed by atoms with Crippen LogP contribution < -0.4 is 5.32 Å². The molecular weight excluding hydrogens is 258 g/mol. The van der Waals surface area contributed by atoms with Gasteiger partial charge in [0.1, 0.15) is 0 Å². The molecule has 1 aromatic rings. The van der Waals surface area contributed by atoms with Crippen molar-refractivity contribution in [3.05, 3.63) is 20.8 Å². The first-order valence-corrected chi connectivity index (χ1v) is 6.93. The van der Waals surface area contributed by atoms with Gasteiger partial charge in [-0.25, -0.2) is 0 Å². The molecule has 0 radical (unpaired) electrons. The molecule has 3 heteroatoms. The summed E-state index contributed by atoms with van der Waals surface area (Å²) in [6, 6.07) is 0.747. The Hall–Kier alpha value is 0.140. The number of rotatable bonds is 3. The van der Waals surface area contributed by atoms with Gasteiger partial charge >= 0.3 is 0 Å². The lowest BCUT2D eigenvalue weighted by Gasteiger charge is -2.11. The smallest absolute Gasteiger partial charge is 0.0327 e. The Bertz CT molecular complexity index is 297.